The Morgan fingerprint density at radius 1 is 1.03 bits per heavy atom. The van der Waals surface area contributed by atoms with E-state index in [4.69, 9.17) is 0 Å². The molecular formula is C26H27FN2O3. The number of Topliss-reactive ketones (excluding diaryl/α,β-unsaturated/α-hetero) is 2. The number of rotatable bonds is 5. The molecule has 1 aliphatic heterocycles. The van der Waals surface area contributed by atoms with E-state index in [2.05, 4.69) is 0 Å². The predicted octanol–water partition coefficient (Wildman–Crippen LogP) is 4.49. The minimum atomic E-state index is -0.542. The van der Waals surface area contributed by atoms with Crippen LogP contribution < -0.4 is 0 Å². The molecule has 0 unspecified atom stereocenters. The molecule has 1 aliphatic rings. The molecule has 2 heterocycles. The summed E-state index contributed by atoms with van der Waals surface area (Å²) in [6.45, 7) is 4.48. The highest BCUT2D eigenvalue weighted by molar-refractivity contribution is 6.45. The van der Waals surface area contributed by atoms with Gasteiger partial charge in [0.15, 0.2) is 5.78 Å². The van der Waals surface area contributed by atoms with Crippen molar-refractivity contribution in [2.24, 2.45) is 13.0 Å². The van der Waals surface area contributed by atoms with Gasteiger partial charge in [0.25, 0.3) is 5.91 Å². The van der Waals surface area contributed by atoms with Gasteiger partial charge < -0.3 is 9.47 Å². The van der Waals surface area contributed by atoms with Crippen molar-refractivity contribution in [2.45, 2.75) is 33.1 Å². The van der Waals surface area contributed by atoms with E-state index in [1.807, 2.05) is 41.6 Å². The second-order valence-corrected chi connectivity index (χ2v) is 8.79. The van der Waals surface area contributed by atoms with Crippen molar-refractivity contribution in [1.82, 2.24) is 9.47 Å². The summed E-state index contributed by atoms with van der Waals surface area (Å²) >= 11 is 0. The van der Waals surface area contributed by atoms with Crippen LogP contribution in [-0.4, -0.2) is 40.0 Å². The number of piperidine rings is 1. The number of carbonyl (C=O) groups excluding carboxylic acids is 3. The maximum Gasteiger partial charge on any atom is 0.254 e. The van der Waals surface area contributed by atoms with Crippen molar-refractivity contribution in [1.29, 1.82) is 0 Å². The van der Waals surface area contributed by atoms with Crippen molar-refractivity contribution in [3.05, 3.63) is 70.7 Å². The third kappa shape index (κ3) is 4.22. The first-order valence-corrected chi connectivity index (χ1v) is 10.9. The van der Waals surface area contributed by atoms with Crippen LogP contribution in [0.1, 0.15) is 51.6 Å². The third-order valence-electron chi connectivity index (χ3n) is 6.47. The molecule has 3 aromatic rings. The number of benzene rings is 2. The van der Waals surface area contributed by atoms with Crippen LogP contribution in [-0.2, 0) is 18.3 Å². The molecule has 5 nitrogen and oxygen atoms in total. The van der Waals surface area contributed by atoms with Gasteiger partial charge in [0, 0.05) is 49.7 Å². The maximum absolute atomic E-state index is 13.3. The normalized spacial score (nSPS) is 14.7. The van der Waals surface area contributed by atoms with Gasteiger partial charge in [0.05, 0.1) is 5.56 Å². The first-order valence-electron chi connectivity index (χ1n) is 10.9. The molecule has 0 bridgehead atoms. The van der Waals surface area contributed by atoms with Gasteiger partial charge in [-0.2, -0.15) is 0 Å². The van der Waals surface area contributed by atoms with Gasteiger partial charge in [0.2, 0.25) is 5.78 Å². The fourth-order valence-corrected chi connectivity index (χ4v) is 4.60. The predicted molar refractivity (Wildman–Crippen MR) is 121 cm³/mol. The number of aryl methyl sites for hydroxylation is 2. The van der Waals surface area contributed by atoms with Crippen LogP contribution in [0.2, 0.25) is 0 Å². The zero-order chi connectivity index (χ0) is 23.0. The number of fused-ring (bicyclic) bond motifs is 1. The van der Waals surface area contributed by atoms with E-state index < -0.39 is 11.6 Å². The standard InChI is InChI=1S/C26H27FN2O3/c1-16-12-24-22(23(15-28(24)3)25(31)17(2)30)14-21(16)26(32)29-10-8-19(9-11-29)13-18-4-6-20(27)7-5-18/h4-7,12,14-15,19H,8-11,13H2,1-3H3. The molecule has 0 saturated carbocycles. The number of hydrogen-bond donors (Lipinski definition) is 0. The van der Waals surface area contributed by atoms with Crippen molar-refractivity contribution in [2.75, 3.05) is 13.1 Å². The summed E-state index contributed by atoms with van der Waals surface area (Å²) in [6, 6.07) is 10.3. The average Bonchev–Trinajstić information content (AvgIpc) is 3.09. The second kappa shape index (κ2) is 8.69. The fraction of sp³-hybridized carbons (Fsp3) is 0.346. The van der Waals surface area contributed by atoms with Crippen LogP contribution in [0.4, 0.5) is 4.39 Å². The van der Waals surface area contributed by atoms with Crippen molar-refractivity contribution < 1.29 is 18.8 Å². The molecule has 1 amide bonds. The summed E-state index contributed by atoms with van der Waals surface area (Å²) in [4.78, 5) is 39.2. The molecule has 1 saturated heterocycles. The van der Waals surface area contributed by atoms with Crippen LogP contribution in [0.5, 0.6) is 0 Å². The molecule has 6 heteroatoms. The molecule has 166 valence electrons. The molecule has 1 aromatic heterocycles. The lowest BCUT2D eigenvalue weighted by Gasteiger charge is -2.32. The fourth-order valence-electron chi connectivity index (χ4n) is 4.60. The Morgan fingerprint density at radius 2 is 1.69 bits per heavy atom. The van der Waals surface area contributed by atoms with E-state index in [9.17, 15) is 18.8 Å². The van der Waals surface area contributed by atoms with Gasteiger partial charge in [-0.05, 0) is 67.5 Å². The number of likely N-dealkylation sites (tertiary alicyclic amines) is 1. The quantitative estimate of drug-likeness (QED) is 0.439. The number of carbonyl (C=O) groups is 3. The van der Waals surface area contributed by atoms with Crippen LogP contribution in [0.15, 0.2) is 42.6 Å². The molecule has 0 radical (unpaired) electrons. The van der Waals surface area contributed by atoms with Gasteiger partial charge in [-0.15, -0.1) is 0 Å². The highest BCUT2D eigenvalue weighted by atomic mass is 19.1. The number of nitrogens with zero attached hydrogens (tertiary/aromatic N) is 2. The number of amides is 1. The Morgan fingerprint density at radius 3 is 2.31 bits per heavy atom. The number of ketones is 2. The Hall–Kier alpha value is -3.28. The Bertz CT molecular complexity index is 1200. The third-order valence-corrected chi connectivity index (χ3v) is 6.47. The number of hydrogen-bond acceptors (Lipinski definition) is 3. The number of halogens is 1. The summed E-state index contributed by atoms with van der Waals surface area (Å²) in [5.74, 6) is -0.876. The topological polar surface area (TPSA) is 59.4 Å². The second-order valence-electron chi connectivity index (χ2n) is 8.79. The highest BCUT2D eigenvalue weighted by Gasteiger charge is 2.26. The lowest BCUT2D eigenvalue weighted by Crippen LogP contribution is -2.39. The van der Waals surface area contributed by atoms with E-state index in [-0.39, 0.29) is 11.7 Å². The van der Waals surface area contributed by atoms with Crippen molar-refractivity contribution >= 4 is 28.4 Å². The molecule has 0 aliphatic carbocycles. The molecule has 32 heavy (non-hydrogen) atoms. The van der Waals surface area contributed by atoms with Crippen molar-refractivity contribution in [3.8, 4) is 0 Å². The largest absolute Gasteiger partial charge is 0.350 e. The highest BCUT2D eigenvalue weighted by Crippen LogP contribution is 2.28. The lowest BCUT2D eigenvalue weighted by molar-refractivity contribution is -0.113. The Balaban J connectivity index is 1.52. The SMILES string of the molecule is CC(=O)C(=O)c1cn(C)c2cc(C)c(C(=O)N3CCC(Cc4ccc(F)cc4)CC3)cc12. The van der Waals surface area contributed by atoms with E-state index in [1.54, 1.807) is 12.3 Å². The first-order chi connectivity index (χ1) is 15.2. The van der Waals surface area contributed by atoms with E-state index >= 15 is 0 Å². The van der Waals surface area contributed by atoms with Gasteiger partial charge in [-0.3, -0.25) is 14.4 Å². The molecule has 1 fully saturated rings. The maximum atomic E-state index is 13.3. The van der Waals surface area contributed by atoms with E-state index in [0.29, 0.717) is 35.5 Å². The zero-order valence-electron chi connectivity index (χ0n) is 18.7. The van der Waals surface area contributed by atoms with Crippen molar-refractivity contribution in [3.63, 3.8) is 0 Å². The van der Waals surface area contributed by atoms with Crippen LogP contribution in [0, 0.1) is 18.7 Å². The number of aromatic nitrogens is 1. The van der Waals surface area contributed by atoms with Crippen LogP contribution in [0.3, 0.4) is 0 Å². The summed E-state index contributed by atoms with van der Waals surface area (Å²) < 4.78 is 14.9. The van der Waals surface area contributed by atoms with Crippen LogP contribution >= 0.6 is 0 Å². The van der Waals surface area contributed by atoms with Gasteiger partial charge in [-0.25, -0.2) is 4.39 Å². The summed E-state index contributed by atoms with van der Waals surface area (Å²) in [7, 11) is 1.83. The van der Waals surface area contributed by atoms with E-state index in [0.717, 1.165) is 35.9 Å². The Labute approximate surface area is 186 Å². The molecule has 2 aromatic carbocycles. The summed E-state index contributed by atoms with van der Waals surface area (Å²) in [6.07, 6.45) is 4.32. The summed E-state index contributed by atoms with van der Waals surface area (Å²) in [5.41, 5.74) is 3.69. The molecule has 0 atom stereocenters. The van der Waals surface area contributed by atoms with E-state index in [1.165, 1.54) is 19.1 Å². The minimum absolute atomic E-state index is 0.0466. The monoisotopic (exact) mass is 434 g/mol. The molecule has 4 rings (SSSR count). The Kier molecular flexibility index (Phi) is 5.96. The smallest absolute Gasteiger partial charge is 0.254 e. The summed E-state index contributed by atoms with van der Waals surface area (Å²) in [5, 5.41) is 0.632. The molecule has 0 N–H and O–H groups in total. The van der Waals surface area contributed by atoms with Gasteiger partial charge >= 0.3 is 0 Å². The van der Waals surface area contributed by atoms with Gasteiger partial charge in [-0.1, -0.05) is 12.1 Å². The molecule has 0 spiro atoms. The van der Waals surface area contributed by atoms with Crippen LogP contribution in [0.25, 0.3) is 10.9 Å². The average molecular weight is 435 g/mol. The lowest BCUT2D eigenvalue weighted by atomic mass is 9.89. The minimum Gasteiger partial charge on any atom is -0.350 e. The molecular weight excluding hydrogens is 407 g/mol. The zero-order valence-corrected chi connectivity index (χ0v) is 18.7. The first kappa shape index (κ1) is 21.9. The van der Waals surface area contributed by atoms with Gasteiger partial charge in [0.1, 0.15) is 5.82 Å².